The Morgan fingerprint density at radius 3 is 2.08 bits per heavy atom. The van der Waals surface area contributed by atoms with Crippen molar-refractivity contribution < 1.29 is 0 Å². The van der Waals surface area contributed by atoms with Gasteiger partial charge in [-0.25, -0.2) is 4.99 Å². The van der Waals surface area contributed by atoms with Crippen molar-refractivity contribution in [1.29, 1.82) is 0 Å². The second-order valence-corrected chi connectivity index (χ2v) is 13.4. The van der Waals surface area contributed by atoms with Gasteiger partial charge in [0.2, 0.25) is 0 Å². The molecule has 0 amide bonds. The molecule has 3 heteroatoms. The first-order valence-corrected chi connectivity index (χ1v) is 18.6. The predicted octanol–water partition coefficient (Wildman–Crippen LogP) is 11.8. The molecule has 3 aliphatic carbocycles. The molecule has 52 heavy (non-hydrogen) atoms. The van der Waals surface area contributed by atoms with E-state index in [1.807, 2.05) is 13.8 Å². The Labute approximate surface area is 307 Å². The minimum absolute atomic E-state index is 0.292. The van der Waals surface area contributed by atoms with E-state index in [0.29, 0.717) is 5.84 Å². The molecule has 3 nitrogen and oxygen atoms in total. The molecule has 6 aromatic carbocycles. The molecule has 2 N–H and O–H groups in total. The largest absolute Gasteiger partial charge is 0.390 e. The standard InChI is InChI=1S/C47H37N3.C2H6/c48-30-49-47(39-26-25-36-28-38-16-9-19-40(45(38)43(36)29-39)33-13-5-2-6-14-33)50-46(34-23-21-32(22-24-34)31-11-3-1-4-12-31)42-20-10-17-37-27-35-15-7-8-18-41(35)44(37)42;1-2/h2-3,5-26,29-30,46H,1,4,27-28H2,(H2,48,49,50);1-2H3. The zero-order valence-corrected chi connectivity index (χ0v) is 29.9. The van der Waals surface area contributed by atoms with Crippen molar-refractivity contribution in [1.82, 2.24) is 0 Å². The van der Waals surface area contributed by atoms with Crippen LogP contribution in [0.15, 0.2) is 162 Å². The van der Waals surface area contributed by atoms with E-state index in [1.54, 1.807) is 0 Å². The van der Waals surface area contributed by atoms with Crippen LogP contribution in [0.25, 0.3) is 39.0 Å². The summed E-state index contributed by atoms with van der Waals surface area (Å²) in [6.45, 7) is 4.00. The SMILES string of the molecule is CC.NC=NC(=NC(c1ccc(C2=CCCC=C2)cc1)c1cccc2c1-c1ccccc1C2)c1ccc2c(c1)-c1c(cccc1-c1ccccc1)C2. The van der Waals surface area contributed by atoms with Crippen molar-refractivity contribution in [2.75, 3.05) is 0 Å². The van der Waals surface area contributed by atoms with Crippen molar-refractivity contribution in [3.05, 3.63) is 196 Å². The maximum absolute atomic E-state index is 6.08. The quantitative estimate of drug-likeness (QED) is 0.139. The number of fused-ring (bicyclic) bond motifs is 6. The first-order valence-electron chi connectivity index (χ1n) is 18.6. The van der Waals surface area contributed by atoms with Gasteiger partial charge in [-0.3, -0.25) is 4.99 Å². The molecule has 0 heterocycles. The first-order chi connectivity index (χ1) is 25.7. The van der Waals surface area contributed by atoms with Crippen LogP contribution in [-0.2, 0) is 12.8 Å². The average molecular weight is 674 g/mol. The normalized spacial score (nSPS) is 14.5. The monoisotopic (exact) mass is 673 g/mol. The number of rotatable bonds is 6. The first kappa shape index (κ1) is 33.1. The fourth-order valence-corrected chi connectivity index (χ4v) is 8.06. The van der Waals surface area contributed by atoms with Crippen LogP contribution < -0.4 is 5.73 Å². The number of nitrogens with two attached hydrogens (primary N) is 1. The van der Waals surface area contributed by atoms with Gasteiger partial charge >= 0.3 is 0 Å². The Bertz CT molecular complexity index is 2380. The van der Waals surface area contributed by atoms with Crippen LogP contribution in [0.3, 0.4) is 0 Å². The third-order valence-electron chi connectivity index (χ3n) is 10.4. The molecule has 0 saturated carbocycles. The minimum atomic E-state index is -0.292. The van der Waals surface area contributed by atoms with E-state index < -0.39 is 0 Å². The highest BCUT2D eigenvalue weighted by Gasteiger charge is 2.27. The Hall–Kier alpha value is -6.06. The molecule has 1 unspecified atom stereocenters. The smallest absolute Gasteiger partial charge is 0.157 e. The van der Waals surface area contributed by atoms with Gasteiger partial charge in [0.1, 0.15) is 6.04 Å². The van der Waals surface area contributed by atoms with Gasteiger partial charge in [0.25, 0.3) is 0 Å². The number of hydrogen-bond acceptors (Lipinski definition) is 1. The second kappa shape index (κ2) is 14.7. The molecule has 0 radical (unpaired) electrons. The number of nitrogens with zero attached hydrogens (tertiary/aromatic N) is 2. The molecule has 254 valence electrons. The lowest BCUT2D eigenvalue weighted by atomic mass is 9.89. The fraction of sp³-hybridized carbons (Fsp3) is 0.143. The molecule has 0 saturated heterocycles. The summed E-state index contributed by atoms with van der Waals surface area (Å²) in [4.78, 5) is 10.3. The van der Waals surface area contributed by atoms with Gasteiger partial charge in [-0.05, 0) is 110 Å². The zero-order valence-electron chi connectivity index (χ0n) is 29.9. The Morgan fingerprint density at radius 2 is 1.31 bits per heavy atom. The zero-order chi connectivity index (χ0) is 35.4. The topological polar surface area (TPSA) is 50.7 Å². The minimum Gasteiger partial charge on any atom is -0.390 e. The van der Waals surface area contributed by atoms with Crippen LogP contribution in [0, 0.1) is 0 Å². The lowest BCUT2D eigenvalue weighted by Gasteiger charge is -2.20. The van der Waals surface area contributed by atoms with Crippen molar-refractivity contribution >= 4 is 17.7 Å². The summed E-state index contributed by atoms with van der Waals surface area (Å²) in [7, 11) is 0. The molecule has 0 aliphatic heterocycles. The van der Waals surface area contributed by atoms with E-state index in [-0.39, 0.29) is 6.04 Å². The van der Waals surface area contributed by atoms with Crippen LogP contribution in [0.4, 0.5) is 0 Å². The second-order valence-electron chi connectivity index (χ2n) is 13.4. The van der Waals surface area contributed by atoms with Gasteiger partial charge < -0.3 is 5.73 Å². The molecule has 0 bridgehead atoms. The fourth-order valence-electron chi connectivity index (χ4n) is 8.06. The van der Waals surface area contributed by atoms with E-state index in [1.165, 1.54) is 78.7 Å². The highest BCUT2D eigenvalue weighted by atomic mass is 15.0. The molecule has 0 fully saturated rings. The third kappa shape index (κ3) is 6.13. The Kier molecular flexibility index (Phi) is 9.33. The third-order valence-corrected chi connectivity index (χ3v) is 10.4. The van der Waals surface area contributed by atoms with Crippen LogP contribution in [-0.4, -0.2) is 12.2 Å². The lowest BCUT2D eigenvalue weighted by Crippen LogP contribution is -2.08. The summed E-state index contributed by atoms with van der Waals surface area (Å²) in [5.74, 6) is 0.622. The van der Waals surface area contributed by atoms with Crippen LogP contribution >= 0.6 is 0 Å². The van der Waals surface area contributed by atoms with Crippen molar-refractivity contribution in [3.63, 3.8) is 0 Å². The number of amidine groups is 1. The number of benzene rings is 6. The van der Waals surface area contributed by atoms with E-state index in [2.05, 4.69) is 152 Å². The highest BCUT2D eigenvalue weighted by molar-refractivity contribution is 6.05. The average Bonchev–Trinajstić information content (AvgIpc) is 3.79. The van der Waals surface area contributed by atoms with Gasteiger partial charge in [0, 0.05) is 5.56 Å². The molecule has 3 aliphatic rings. The summed E-state index contributed by atoms with van der Waals surface area (Å²) in [5.41, 5.74) is 24.8. The summed E-state index contributed by atoms with van der Waals surface area (Å²) >= 11 is 0. The molecule has 0 aromatic heterocycles. The molecule has 0 spiro atoms. The summed E-state index contributed by atoms with van der Waals surface area (Å²) in [6, 6.07) is 48.1. The number of allylic oxidation sites excluding steroid dienone is 4. The van der Waals surface area contributed by atoms with Crippen molar-refractivity contribution in [2.45, 2.75) is 45.6 Å². The van der Waals surface area contributed by atoms with E-state index in [4.69, 9.17) is 15.7 Å². The van der Waals surface area contributed by atoms with E-state index >= 15 is 0 Å². The summed E-state index contributed by atoms with van der Waals surface area (Å²) < 4.78 is 0. The number of hydrogen-bond donors (Lipinski definition) is 1. The molecular weight excluding hydrogens is 631 g/mol. The number of aliphatic imine (C=N–C) groups is 2. The van der Waals surface area contributed by atoms with Gasteiger partial charge in [-0.15, -0.1) is 0 Å². The maximum Gasteiger partial charge on any atom is 0.157 e. The maximum atomic E-state index is 6.08. The predicted molar refractivity (Wildman–Crippen MR) is 220 cm³/mol. The van der Waals surface area contributed by atoms with Gasteiger partial charge in [0.05, 0.1) is 6.34 Å². The van der Waals surface area contributed by atoms with Gasteiger partial charge in [-0.1, -0.05) is 159 Å². The lowest BCUT2D eigenvalue weighted by molar-refractivity contribution is 0.871. The van der Waals surface area contributed by atoms with Crippen LogP contribution in [0.5, 0.6) is 0 Å². The molecule has 9 rings (SSSR count). The summed E-state index contributed by atoms with van der Waals surface area (Å²) in [6.07, 6.45) is 12.2. The van der Waals surface area contributed by atoms with Crippen LogP contribution in [0.2, 0.25) is 0 Å². The van der Waals surface area contributed by atoms with E-state index in [9.17, 15) is 0 Å². The highest BCUT2D eigenvalue weighted by Crippen LogP contribution is 2.45. The van der Waals surface area contributed by atoms with Gasteiger partial charge in [-0.2, -0.15) is 0 Å². The summed E-state index contributed by atoms with van der Waals surface area (Å²) in [5, 5.41) is 0. The van der Waals surface area contributed by atoms with Gasteiger partial charge in [0.15, 0.2) is 5.84 Å². The van der Waals surface area contributed by atoms with E-state index in [0.717, 1.165) is 36.8 Å². The molecule has 6 aromatic rings. The molecule has 1 atom stereocenters. The van der Waals surface area contributed by atoms with Crippen molar-refractivity contribution in [3.8, 4) is 33.4 Å². The Morgan fingerprint density at radius 1 is 0.615 bits per heavy atom. The van der Waals surface area contributed by atoms with Crippen molar-refractivity contribution in [2.24, 2.45) is 15.7 Å². The van der Waals surface area contributed by atoms with Crippen LogP contribution in [0.1, 0.15) is 77.2 Å². The molecular formula is C49H43N3. The Balaban J connectivity index is 0.00000190.